The molecule has 0 radical (unpaired) electrons. The highest BCUT2D eigenvalue weighted by Gasteiger charge is 2.57. The molecule has 0 unspecified atom stereocenters. The van der Waals surface area contributed by atoms with Gasteiger partial charge in [0.1, 0.15) is 17.8 Å². The zero-order valence-corrected chi connectivity index (χ0v) is 33.2. The maximum absolute atomic E-state index is 14.2. The first-order chi connectivity index (χ1) is 23.7. The summed E-state index contributed by atoms with van der Waals surface area (Å²) < 4.78 is 45.4. The molecule has 51 heavy (non-hydrogen) atoms. The van der Waals surface area contributed by atoms with Gasteiger partial charge in [0.25, 0.3) is 0 Å². The van der Waals surface area contributed by atoms with Crippen molar-refractivity contribution in [2.24, 2.45) is 29.4 Å². The first-order valence-electron chi connectivity index (χ1n) is 19.3. The largest absolute Gasteiger partial charge is 0.459 e. The van der Waals surface area contributed by atoms with Crippen molar-refractivity contribution in [2.45, 2.75) is 186 Å². The molecule has 0 aliphatic carbocycles. The molecule has 0 aromatic rings. The Kier molecular flexibility index (Phi) is 14.1. The number of nitrogens with zero attached hydrogens (tertiary/aromatic N) is 1. The van der Waals surface area contributed by atoms with Crippen LogP contribution in [-0.4, -0.2) is 138 Å². The molecule has 298 valence electrons. The average Bonchev–Trinajstić information content (AvgIpc) is 3.38. The SMILES string of the molecule is CC[C@H]1OC(=O)[C@H](C)[C@@H](O[C@H]2C[C@@](C)(OC)C[C@H](C)O2)[C@H](C)[C@@H](O[C@@H]2O[C@H](C)C[C@H](N(C)CCN)[C@H]2O)[C@@]2(C)C[C@H](C)[C@@H](O2)[C@H](C)[C@@H](O)[C@]1(C)O. The highest BCUT2D eigenvalue weighted by atomic mass is 16.7. The van der Waals surface area contributed by atoms with Crippen LogP contribution in [0.25, 0.3) is 0 Å². The smallest absolute Gasteiger partial charge is 0.311 e. The van der Waals surface area contributed by atoms with Crippen molar-refractivity contribution >= 4 is 5.97 Å². The summed E-state index contributed by atoms with van der Waals surface area (Å²) >= 11 is 0. The fourth-order valence-electron chi connectivity index (χ4n) is 9.55. The highest BCUT2D eigenvalue weighted by molar-refractivity contribution is 5.73. The molecule has 4 saturated heterocycles. The van der Waals surface area contributed by atoms with Crippen LogP contribution in [0.15, 0.2) is 0 Å². The Bertz CT molecular complexity index is 1150. The van der Waals surface area contributed by atoms with Crippen LogP contribution in [0, 0.1) is 23.7 Å². The molecule has 4 fully saturated rings. The van der Waals surface area contributed by atoms with Gasteiger partial charge in [-0.3, -0.25) is 9.69 Å². The van der Waals surface area contributed by atoms with Crippen molar-refractivity contribution < 1.29 is 53.3 Å². The van der Waals surface area contributed by atoms with Crippen LogP contribution >= 0.6 is 0 Å². The van der Waals surface area contributed by atoms with E-state index in [2.05, 4.69) is 6.92 Å². The zero-order chi connectivity index (χ0) is 38.2. The van der Waals surface area contributed by atoms with E-state index in [0.717, 1.165) is 0 Å². The minimum Gasteiger partial charge on any atom is -0.459 e. The van der Waals surface area contributed by atoms with Gasteiger partial charge in [-0.25, -0.2) is 0 Å². The first kappa shape index (κ1) is 42.8. The second kappa shape index (κ2) is 16.8. The number of carbonyl (C=O) groups is 1. The quantitative estimate of drug-likeness (QED) is 0.256. The van der Waals surface area contributed by atoms with Gasteiger partial charge in [-0.05, 0) is 73.8 Å². The molecule has 4 aliphatic rings. The van der Waals surface area contributed by atoms with E-state index in [1.807, 2.05) is 60.4 Å². The number of methoxy groups -OCH3 is 1. The molecule has 5 N–H and O–H groups in total. The van der Waals surface area contributed by atoms with E-state index in [9.17, 15) is 20.1 Å². The van der Waals surface area contributed by atoms with Crippen LogP contribution < -0.4 is 5.73 Å². The third kappa shape index (κ3) is 9.12. The lowest BCUT2D eigenvalue weighted by molar-refractivity contribution is -0.312. The Balaban J connectivity index is 1.82. The summed E-state index contributed by atoms with van der Waals surface area (Å²) in [5, 5.41) is 35.3. The molecule has 0 amide bonds. The first-order valence-corrected chi connectivity index (χ1v) is 19.3. The predicted molar refractivity (Wildman–Crippen MR) is 191 cm³/mol. The van der Waals surface area contributed by atoms with E-state index < -0.39 is 89.7 Å². The fraction of sp³-hybridized carbons (Fsp3) is 0.974. The van der Waals surface area contributed by atoms with Crippen LogP contribution in [0.4, 0.5) is 0 Å². The molecule has 0 aromatic carbocycles. The number of aliphatic hydroxyl groups excluding tert-OH is 2. The molecule has 4 heterocycles. The van der Waals surface area contributed by atoms with Gasteiger partial charge in [-0.2, -0.15) is 0 Å². The number of ether oxygens (including phenoxy) is 7. The number of nitrogens with two attached hydrogens (primary N) is 1. The summed E-state index contributed by atoms with van der Waals surface area (Å²) in [6.07, 6.45) is -4.88. The lowest BCUT2D eigenvalue weighted by atomic mass is 9.76. The Morgan fingerprint density at radius 3 is 2.24 bits per heavy atom. The minimum absolute atomic E-state index is 0.0411. The number of carbonyl (C=O) groups excluding carboxylic acids is 1. The highest BCUT2D eigenvalue weighted by Crippen LogP contribution is 2.48. The number of likely N-dealkylation sites (N-methyl/N-ethyl adjacent to an activating group) is 1. The van der Waals surface area contributed by atoms with Gasteiger partial charge in [-0.15, -0.1) is 0 Å². The van der Waals surface area contributed by atoms with Gasteiger partial charge in [0, 0.05) is 50.9 Å². The maximum Gasteiger partial charge on any atom is 0.311 e. The molecule has 18 atom stereocenters. The summed E-state index contributed by atoms with van der Waals surface area (Å²) in [4.78, 5) is 16.2. The summed E-state index contributed by atoms with van der Waals surface area (Å²) in [5.41, 5.74) is 2.64. The monoisotopic (exact) mass is 730 g/mol. The van der Waals surface area contributed by atoms with E-state index in [1.165, 1.54) is 6.92 Å². The van der Waals surface area contributed by atoms with Gasteiger partial charge in [0.15, 0.2) is 12.6 Å². The van der Waals surface area contributed by atoms with Crippen LogP contribution in [0.3, 0.4) is 0 Å². The van der Waals surface area contributed by atoms with E-state index in [0.29, 0.717) is 38.8 Å². The van der Waals surface area contributed by atoms with E-state index in [1.54, 1.807) is 14.0 Å². The van der Waals surface area contributed by atoms with Crippen LogP contribution in [0.1, 0.15) is 101 Å². The molecule has 13 heteroatoms. The van der Waals surface area contributed by atoms with Gasteiger partial charge in [0.05, 0.1) is 53.7 Å². The average molecular weight is 731 g/mol. The minimum atomic E-state index is -1.76. The van der Waals surface area contributed by atoms with E-state index in [4.69, 9.17) is 38.9 Å². The van der Waals surface area contributed by atoms with Gasteiger partial charge in [-0.1, -0.05) is 27.7 Å². The van der Waals surface area contributed by atoms with Gasteiger partial charge < -0.3 is 54.2 Å². The number of esters is 1. The van der Waals surface area contributed by atoms with Crippen LogP contribution in [0.2, 0.25) is 0 Å². The third-order valence-electron chi connectivity index (χ3n) is 12.5. The summed E-state index contributed by atoms with van der Waals surface area (Å²) in [5.74, 6) is -2.54. The Hall–Kier alpha value is -0.970. The maximum atomic E-state index is 14.2. The number of rotatable bonds is 9. The summed E-state index contributed by atoms with van der Waals surface area (Å²) in [7, 11) is 3.61. The van der Waals surface area contributed by atoms with Gasteiger partial charge in [0.2, 0.25) is 0 Å². The number of hydrogen-bond donors (Lipinski definition) is 4. The van der Waals surface area contributed by atoms with E-state index in [-0.39, 0.29) is 30.6 Å². The number of aliphatic hydroxyl groups is 3. The molecular weight excluding hydrogens is 660 g/mol. The normalized spacial score (nSPS) is 50.3. The Morgan fingerprint density at radius 2 is 1.63 bits per heavy atom. The second-order valence-corrected chi connectivity index (χ2v) is 17.1. The van der Waals surface area contributed by atoms with Crippen molar-refractivity contribution in [3.05, 3.63) is 0 Å². The Morgan fingerprint density at radius 1 is 0.961 bits per heavy atom. The van der Waals surface area contributed by atoms with Crippen molar-refractivity contribution in [3.63, 3.8) is 0 Å². The van der Waals surface area contributed by atoms with Gasteiger partial charge >= 0.3 is 5.97 Å². The van der Waals surface area contributed by atoms with Crippen molar-refractivity contribution in [2.75, 3.05) is 27.2 Å². The summed E-state index contributed by atoms with van der Waals surface area (Å²) in [6, 6.07) is -0.260. The standard InChI is InChI=1S/C38H70N2O11/c1-13-27-38(10,44)32(42)23(5)30-20(2)17-37(9,51-30)33(50-35-29(41)26(16-21(3)47-35)40(11)15-14-39)24(6)31(25(7)34(43)48-27)49-28-19-36(8,45-12)18-22(4)46-28/h20-33,35,41-42,44H,13-19,39H2,1-12H3/t20-,21+,22-,23-,24-,25+,26-,27+,28-,29+,30+,31-,32+,33+,35-,36-,37+,38+/m0/s1. The van der Waals surface area contributed by atoms with Crippen molar-refractivity contribution in [3.8, 4) is 0 Å². The number of fused-ring (bicyclic) bond motifs is 2. The molecule has 4 rings (SSSR count). The molecular formula is C38H70N2O11. The molecule has 0 saturated carbocycles. The summed E-state index contributed by atoms with van der Waals surface area (Å²) in [6.45, 7) is 20.0. The van der Waals surface area contributed by atoms with Crippen molar-refractivity contribution in [1.82, 2.24) is 4.90 Å². The Labute approximate surface area is 306 Å². The number of cyclic esters (lactones) is 1. The molecule has 0 aromatic heterocycles. The van der Waals surface area contributed by atoms with Crippen molar-refractivity contribution in [1.29, 1.82) is 0 Å². The third-order valence-corrected chi connectivity index (χ3v) is 12.5. The number of hydrogen-bond acceptors (Lipinski definition) is 13. The molecule has 2 bridgehead atoms. The fourth-order valence-corrected chi connectivity index (χ4v) is 9.55. The second-order valence-electron chi connectivity index (χ2n) is 17.1. The topological polar surface area (TPSA) is 172 Å². The van der Waals surface area contributed by atoms with E-state index >= 15 is 0 Å². The van der Waals surface area contributed by atoms with Crippen LogP contribution in [-0.2, 0) is 38.0 Å². The molecule has 4 aliphatic heterocycles. The lowest BCUT2D eigenvalue weighted by Gasteiger charge is -2.48. The van der Waals surface area contributed by atoms with Crippen LogP contribution in [0.5, 0.6) is 0 Å². The predicted octanol–water partition coefficient (Wildman–Crippen LogP) is 2.98. The zero-order valence-electron chi connectivity index (χ0n) is 33.2. The molecule has 0 spiro atoms. The molecule has 13 nitrogen and oxygen atoms in total. The lowest BCUT2D eigenvalue weighted by Crippen LogP contribution is -2.60.